The molecule has 5 atom stereocenters. The molecule has 2 aromatic rings. The number of carbonyl (C=O) groups is 1. The molecule has 2 fully saturated rings. The van der Waals surface area contributed by atoms with Gasteiger partial charge in [0, 0.05) is 47.5 Å². The van der Waals surface area contributed by atoms with Gasteiger partial charge in [0.15, 0.2) is 0 Å². The number of ether oxygens (including phenoxy) is 1. The summed E-state index contributed by atoms with van der Waals surface area (Å²) in [5.74, 6) is 1.01. The first kappa shape index (κ1) is 19.6. The van der Waals surface area contributed by atoms with E-state index in [4.69, 9.17) is 4.74 Å². The second-order valence-corrected chi connectivity index (χ2v) is 9.72. The molecule has 1 aromatic heterocycles. The normalized spacial score (nSPS) is 33.3. The van der Waals surface area contributed by atoms with Crippen LogP contribution in [-0.4, -0.2) is 28.7 Å². The molecule has 1 aromatic carbocycles. The van der Waals surface area contributed by atoms with Crippen LogP contribution >= 0.6 is 0 Å². The van der Waals surface area contributed by atoms with Crippen LogP contribution < -0.4 is 5.32 Å². The summed E-state index contributed by atoms with van der Waals surface area (Å²) in [6.45, 7) is 4.29. The van der Waals surface area contributed by atoms with Crippen molar-refractivity contribution in [3.63, 3.8) is 0 Å². The van der Waals surface area contributed by atoms with E-state index in [0.29, 0.717) is 12.4 Å². The van der Waals surface area contributed by atoms with E-state index in [9.17, 15) is 9.90 Å². The highest BCUT2D eigenvalue weighted by Crippen LogP contribution is 2.68. The highest BCUT2D eigenvalue weighted by molar-refractivity contribution is 5.84. The molecule has 6 rings (SSSR count). The molecule has 4 aliphatic rings. The lowest BCUT2D eigenvalue weighted by atomic mass is 9.71. The van der Waals surface area contributed by atoms with Gasteiger partial charge in [-0.3, -0.25) is 4.79 Å². The lowest BCUT2D eigenvalue weighted by Gasteiger charge is -2.34. The molecule has 2 heterocycles. The van der Waals surface area contributed by atoms with Gasteiger partial charge in [0.2, 0.25) is 5.91 Å². The van der Waals surface area contributed by atoms with Gasteiger partial charge >= 0.3 is 0 Å². The summed E-state index contributed by atoms with van der Waals surface area (Å²) in [4.78, 5) is 14.9. The number of aromatic nitrogens is 1. The molecule has 1 saturated carbocycles. The van der Waals surface area contributed by atoms with Crippen LogP contribution in [0.4, 0.5) is 0 Å². The fourth-order valence-electron chi connectivity index (χ4n) is 6.25. The Kier molecular flexibility index (Phi) is 4.28. The predicted octanol–water partition coefficient (Wildman–Crippen LogP) is 5.02. The molecule has 1 saturated heterocycles. The molecular formula is C27H28N2O3. The molecule has 3 aliphatic carbocycles. The summed E-state index contributed by atoms with van der Waals surface area (Å²) >= 11 is 0. The van der Waals surface area contributed by atoms with Crippen LogP contribution in [0.3, 0.4) is 0 Å². The van der Waals surface area contributed by atoms with Gasteiger partial charge in [0.1, 0.15) is 5.76 Å². The Balaban J connectivity index is 1.47. The number of para-hydroxylation sites is 1. The molecule has 5 heteroatoms. The molecule has 1 amide bonds. The summed E-state index contributed by atoms with van der Waals surface area (Å²) in [6, 6.07) is 8.44. The number of aliphatic hydroxyl groups excluding tert-OH is 1. The largest absolute Gasteiger partial charge is 0.512 e. The number of benzene rings is 1. The van der Waals surface area contributed by atoms with Crippen molar-refractivity contribution < 1.29 is 14.6 Å². The van der Waals surface area contributed by atoms with Crippen molar-refractivity contribution in [2.24, 2.45) is 17.3 Å². The number of amides is 1. The number of hydrogen-bond donors (Lipinski definition) is 3. The lowest BCUT2D eigenvalue weighted by molar-refractivity contribution is -0.118. The van der Waals surface area contributed by atoms with Crippen LogP contribution in [-0.2, 0) is 9.53 Å². The third kappa shape index (κ3) is 2.77. The Morgan fingerprint density at radius 1 is 1.19 bits per heavy atom. The second-order valence-electron chi connectivity index (χ2n) is 9.72. The monoisotopic (exact) mass is 428 g/mol. The van der Waals surface area contributed by atoms with E-state index < -0.39 is 0 Å². The molecule has 1 aliphatic heterocycles. The van der Waals surface area contributed by atoms with Crippen molar-refractivity contribution in [2.75, 3.05) is 6.61 Å². The Bertz CT molecular complexity index is 1250. The van der Waals surface area contributed by atoms with Crippen LogP contribution in [0, 0.1) is 17.3 Å². The number of fused-ring (bicyclic) bond motifs is 2. The molecular weight excluding hydrogens is 400 g/mol. The Morgan fingerprint density at radius 2 is 2.03 bits per heavy atom. The number of nitrogens with one attached hydrogen (secondary N) is 2. The van der Waals surface area contributed by atoms with E-state index in [2.05, 4.69) is 65.9 Å². The zero-order valence-electron chi connectivity index (χ0n) is 18.4. The standard InChI is InChI=1S/C27H28N2O3/c1-15(30)29-17-9-7-16(8-10-17)24-19-11-12-23(31)27(2)25(19)26(27)32-14-21(24)20-13-28-22-6-4-3-5-18(20)22/h3-7,9,11-13,21,24-26,28,31H,8,10,14H2,1-2H3,(H,29,30). The predicted molar refractivity (Wildman–Crippen MR) is 124 cm³/mol. The topological polar surface area (TPSA) is 74.3 Å². The van der Waals surface area contributed by atoms with Crippen LogP contribution in [0.5, 0.6) is 0 Å². The number of aliphatic hydroxyl groups is 1. The van der Waals surface area contributed by atoms with Gasteiger partial charge in [-0.25, -0.2) is 0 Å². The summed E-state index contributed by atoms with van der Waals surface area (Å²) in [5, 5.41) is 14.8. The van der Waals surface area contributed by atoms with Crippen molar-refractivity contribution in [2.45, 2.75) is 38.7 Å². The maximum Gasteiger partial charge on any atom is 0.220 e. The third-order valence-electron chi connectivity index (χ3n) is 7.93. The van der Waals surface area contributed by atoms with Gasteiger partial charge < -0.3 is 20.1 Å². The van der Waals surface area contributed by atoms with Crippen LogP contribution in [0.25, 0.3) is 10.9 Å². The van der Waals surface area contributed by atoms with Crippen LogP contribution in [0.1, 0.15) is 38.2 Å². The van der Waals surface area contributed by atoms with Crippen molar-refractivity contribution in [3.8, 4) is 0 Å². The highest BCUT2D eigenvalue weighted by atomic mass is 16.5. The van der Waals surface area contributed by atoms with Crippen LogP contribution in [0.2, 0.25) is 0 Å². The van der Waals surface area contributed by atoms with Gasteiger partial charge in [0.05, 0.1) is 18.1 Å². The number of hydrogen-bond acceptors (Lipinski definition) is 3. The Hall–Kier alpha value is -3.05. The third-order valence-corrected chi connectivity index (χ3v) is 7.93. The van der Waals surface area contributed by atoms with Gasteiger partial charge in [-0.05, 0) is 43.5 Å². The molecule has 32 heavy (non-hydrogen) atoms. The molecule has 0 radical (unpaired) electrons. The fourth-order valence-corrected chi connectivity index (χ4v) is 6.25. The van der Waals surface area contributed by atoms with Crippen molar-refractivity contribution in [3.05, 3.63) is 82.9 Å². The van der Waals surface area contributed by atoms with Crippen molar-refractivity contribution >= 4 is 16.8 Å². The zero-order chi connectivity index (χ0) is 22.0. The maximum absolute atomic E-state index is 11.5. The zero-order valence-corrected chi connectivity index (χ0v) is 18.4. The smallest absolute Gasteiger partial charge is 0.220 e. The van der Waals surface area contributed by atoms with E-state index >= 15 is 0 Å². The first-order valence-corrected chi connectivity index (χ1v) is 11.4. The number of H-pyrrole nitrogens is 1. The average molecular weight is 429 g/mol. The van der Waals surface area contributed by atoms with Gasteiger partial charge in [0.25, 0.3) is 0 Å². The minimum absolute atomic E-state index is 0.0277. The fraction of sp³-hybridized carbons (Fsp3) is 0.370. The summed E-state index contributed by atoms with van der Waals surface area (Å²) in [7, 11) is 0. The average Bonchev–Trinajstić information content (AvgIpc) is 3.25. The van der Waals surface area contributed by atoms with Crippen LogP contribution in [0.15, 0.2) is 77.4 Å². The maximum atomic E-state index is 11.5. The quantitative estimate of drug-likeness (QED) is 0.642. The number of rotatable bonds is 3. The van der Waals surface area contributed by atoms with Gasteiger partial charge in [-0.1, -0.05) is 41.5 Å². The summed E-state index contributed by atoms with van der Waals surface area (Å²) in [6.07, 6.45) is 12.2. The lowest BCUT2D eigenvalue weighted by Crippen LogP contribution is -2.27. The molecule has 0 bridgehead atoms. The molecule has 5 unspecified atom stereocenters. The first-order valence-electron chi connectivity index (χ1n) is 11.4. The van der Waals surface area contributed by atoms with Gasteiger partial charge in [-0.15, -0.1) is 0 Å². The van der Waals surface area contributed by atoms with Crippen molar-refractivity contribution in [1.29, 1.82) is 0 Å². The SMILES string of the molecule is CC(=O)NC1=CC=C(C2C3=CC=C(O)C4(C)C(OCC2c2c[nH]c5ccccc25)C34)CC1. The van der Waals surface area contributed by atoms with Crippen molar-refractivity contribution in [1.82, 2.24) is 10.3 Å². The Morgan fingerprint density at radius 3 is 2.81 bits per heavy atom. The Labute approximate surface area is 187 Å². The van der Waals surface area contributed by atoms with E-state index in [0.717, 1.165) is 24.1 Å². The van der Waals surface area contributed by atoms with E-state index in [-0.39, 0.29) is 35.2 Å². The molecule has 0 spiro atoms. The van der Waals surface area contributed by atoms with Gasteiger partial charge in [-0.2, -0.15) is 0 Å². The molecule has 3 N–H and O–H groups in total. The highest BCUT2D eigenvalue weighted by Gasteiger charge is 2.69. The first-order chi connectivity index (χ1) is 15.5. The second kappa shape index (κ2) is 6.97. The van der Waals surface area contributed by atoms with E-state index in [1.807, 2.05) is 6.08 Å². The number of aromatic amines is 1. The minimum Gasteiger partial charge on any atom is -0.512 e. The minimum atomic E-state index is -0.306. The van der Waals surface area contributed by atoms with E-state index in [1.54, 1.807) is 6.92 Å². The summed E-state index contributed by atoms with van der Waals surface area (Å²) in [5.41, 5.74) is 5.82. The van der Waals surface area contributed by atoms with E-state index in [1.165, 1.54) is 22.1 Å². The number of allylic oxidation sites excluding steroid dienone is 6. The summed E-state index contributed by atoms with van der Waals surface area (Å²) < 4.78 is 6.49. The number of carbonyl (C=O) groups excluding carboxylic acids is 1. The molecule has 5 nitrogen and oxygen atoms in total. The molecule has 164 valence electrons.